The number of para-hydroxylation sites is 2. The Morgan fingerprint density at radius 2 is 1.48 bits per heavy atom. The molecule has 0 saturated carbocycles. The highest BCUT2D eigenvalue weighted by Gasteiger charge is 2.15. The fourth-order valence-electron chi connectivity index (χ4n) is 3.77. The van der Waals surface area contributed by atoms with E-state index in [9.17, 15) is 0 Å². The van der Waals surface area contributed by atoms with Gasteiger partial charge in [-0.1, -0.05) is 72.4 Å². The number of thioether (sulfide) groups is 1. The maximum Gasteiger partial charge on any atom is 0.214 e. The van der Waals surface area contributed by atoms with Gasteiger partial charge in [0, 0.05) is 16.5 Å². The van der Waals surface area contributed by atoms with Crippen molar-refractivity contribution in [2.45, 2.75) is 24.8 Å². The highest BCUT2D eigenvalue weighted by molar-refractivity contribution is 7.98. The summed E-state index contributed by atoms with van der Waals surface area (Å²) < 4.78 is 1.83. The predicted octanol–water partition coefficient (Wildman–Crippen LogP) is 5.27. The highest BCUT2D eigenvalue weighted by atomic mass is 32.2. The first-order valence-electron chi connectivity index (χ1n) is 9.46. The van der Waals surface area contributed by atoms with Gasteiger partial charge in [0.1, 0.15) is 0 Å². The molecule has 0 amide bonds. The minimum absolute atomic E-state index is 0.691. The second-order valence-electron chi connectivity index (χ2n) is 7.02. The van der Waals surface area contributed by atoms with Crippen LogP contribution >= 0.6 is 11.8 Å². The minimum Gasteiger partial charge on any atom is -0.251 e. The van der Waals surface area contributed by atoms with Crippen LogP contribution in [-0.4, -0.2) is 25.2 Å². The van der Waals surface area contributed by atoms with Crippen molar-refractivity contribution in [3.8, 4) is 5.69 Å². The van der Waals surface area contributed by atoms with Crippen LogP contribution in [0.25, 0.3) is 27.4 Å². The summed E-state index contributed by atoms with van der Waals surface area (Å²) in [5.41, 5.74) is 5.38. The van der Waals surface area contributed by atoms with E-state index >= 15 is 0 Å². The number of benzene rings is 3. The smallest absolute Gasteiger partial charge is 0.214 e. The van der Waals surface area contributed by atoms with Crippen LogP contribution in [0.1, 0.15) is 16.8 Å². The molecule has 0 N–H and O–H groups in total. The lowest BCUT2D eigenvalue weighted by molar-refractivity contribution is 0.747. The molecular weight excluding hydrogens is 378 g/mol. The Hall–Kier alpha value is -3.25. The van der Waals surface area contributed by atoms with Gasteiger partial charge in [-0.2, -0.15) is 4.68 Å². The van der Waals surface area contributed by atoms with Crippen molar-refractivity contribution >= 4 is 33.4 Å². The van der Waals surface area contributed by atoms with Crippen LogP contribution in [0.3, 0.4) is 0 Å². The fraction of sp³-hybridized carbons (Fsp3) is 0.130. The Morgan fingerprint density at radius 3 is 2.28 bits per heavy atom. The normalized spacial score (nSPS) is 11.4. The van der Waals surface area contributed by atoms with Gasteiger partial charge >= 0.3 is 0 Å². The van der Waals surface area contributed by atoms with Crippen LogP contribution in [0, 0.1) is 13.8 Å². The van der Waals surface area contributed by atoms with Gasteiger partial charge in [-0.15, -0.1) is 5.10 Å². The maximum absolute atomic E-state index is 4.94. The number of tetrazole rings is 1. The third-order valence-electron chi connectivity index (χ3n) is 5.12. The number of hydrogen-bond acceptors (Lipinski definition) is 5. The number of nitrogens with zero attached hydrogens (tertiary/aromatic N) is 5. The molecule has 2 aromatic heterocycles. The van der Waals surface area contributed by atoms with E-state index in [1.165, 1.54) is 16.2 Å². The number of pyridine rings is 1. The van der Waals surface area contributed by atoms with Gasteiger partial charge in [-0.05, 0) is 46.9 Å². The van der Waals surface area contributed by atoms with E-state index < -0.39 is 0 Å². The summed E-state index contributed by atoms with van der Waals surface area (Å²) in [6.45, 7) is 4.16. The van der Waals surface area contributed by atoms with Gasteiger partial charge in [0.05, 0.1) is 16.9 Å². The third-order valence-corrected chi connectivity index (χ3v) is 6.05. The third kappa shape index (κ3) is 3.15. The molecule has 5 nitrogen and oxygen atoms in total. The Kier molecular flexibility index (Phi) is 4.48. The Labute approximate surface area is 172 Å². The van der Waals surface area contributed by atoms with Gasteiger partial charge in [-0.25, -0.2) is 0 Å². The van der Waals surface area contributed by atoms with Crippen molar-refractivity contribution < 1.29 is 0 Å². The Balaban J connectivity index is 1.55. The molecule has 0 unspecified atom stereocenters. The second kappa shape index (κ2) is 7.29. The largest absolute Gasteiger partial charge is 0.251 e. The van der Waals surface area contributed by atoms with E-state index in [-0.39, 0.29) is 0 Å². The molecule has 3 aromatic carbocycles. The van der Waals surface area contributed by atoms with Crippen molar-refractivity contribution in [2.75, 3.05) is 0 Å². The van der Waals surface area contributed by atoms with Gasteiger partial charge in [0.15, 0.2) is 0 Å². The van der Waals surface area contributed by atoms with Gasteiger partial charge in [-0.3, -0.25) is 4.98 Å². The van der Waals surface area contributed by atoms with Gasteiger partial charge < -0.3 is 0 Å². The molecule has 0 fully saturated rings. The Bertz CT molecular complexity index is 1320. The molecule has 0 atom stereocenters. The lowest BCUT2D eigenvalue weighted by Crippen LogP contribution is -2.04. The van der Waals surface area contributed by atoms with Crippen LogP contribution in [0.15, 0.2) is 71.9 Å². The molecule has 0 aliphatic rings. The summed E-state index contributed by atoms with van der Waals surface area (Å²) >= 11 is 1.61. The standard InChI is InChI=1S/C23H19N5S/c1-15-8-7-9-16(2)22(15)28-23(25-26-27-28)29-14-21-19-12-4-3-10-17(19)18-11-5-6-13-20(18)24-21/h3-13H,14H2,1-2H3. The van der Waals surface area contributed by atoms with Crippen molar-refractivity contribution in [1.29, 1.82) is 0 Å². The molecule has 0 spiro atoms. The van der Waals surface area contributed by atoms with Gasteiger partial charge in [0.2, 0.25) is 5.16 Å². The molecule has 6 heteroatoms. The molecule has 2 heterocycles. The maximum atomic E-state index is 4.94. The van der Waals surface area contributed by atoms with Crippen molar-refractivity contribution in [1.82, 2.24) is 25.2 Å². The Morgan fingerprint density at radius 1 is 0.793 bits per heavy atom. The first kappa shape index (κ1) is 17.8. The molecular formula is C23H19N5S. The van der Waals surface area contributed by atoms with E-state index in [1.54, 1.807) is 11.8 Å². The number of aryl methyl sites for hydroxylation is 2. The molecule has 0 radical (unpaired) electrons. The average Bonchev–Trinajstić information content (AvgIpc) is 3.20. The first-order valence-corrected chi connectivity index (χ1v) is 10.4. The predicted molar refractivity (Wildman–Crippen MR) is 117 cm³/mol. The summed E-state index contributed by atoms with van der Waals surface area (Å²) in [7, 11) is 0. The zero-order valence-electron chi connectivity index (χ0n) is 16.2. The van der Waals surface area contributed by atoms with E-state index in [2.05, 4.69) is 90.0 Å². The summed E-state index contributed by atoms with van der Waals surface area (Å²) in [6, 6.07) is 22.9. The van der Waals surface area contributed by atoms with Crippen LogP contribution < -0.4 is 0 Å². The monoisotopic (exact) mass is 397 g/mol. The summed E-state index contributed by atoms with van der Waals surface area (Å²) in [4.78, 5) is 4.94. The van der Waals surface area contributed by atoms with E-state index in [0.29, 0.717) is 5.75 Å². The van der Waals surface area contributed by atoms with Crippen LogP contribution in [0.5, 0.6) is 0 Å². The molecule has 142 valence electrons. The number of aromatic nitrogens is 5. The fourth-order valence-corrected chi connectivity index (χ4v) is 4.60. The molecule has 0 saturated heterocycles. The van der Waals surface area contributed by atoms with Crippen molar-refractivity contribution in [3.63, 3.8) is 0 Å². The number of fused-ring (bicyclic) bond motifs is 3. The lowest BCUT2D eigenvalue weighted by atomic mass is 10.0. The average molecular weight is 398 g/mol. The summed E-state index contributed by atoms with van der Waals surface area (Å²) in [5.74, 6) is 0.691. The lowest BCUT2D eigenvalue weighted by Gasteiger charge is -2.11. The molecule has 5 aromatic rings. The highest BCUT2D eigenvalue weighted by Crippen LogP contribution is 2.31. The summed E-state index contributed by atoms with van der Waals surface area (Å²) in [6.07, 6.45) is 0. The minimum atomic E-state index is 0.691. The second-order valence-corrected chi connectivity index (χ2v) is 7.97. The zero-order valence-corrected chi connectivity index (χ0v) is 17.0. The molecule has 5 rings (SSSR count). The van der Waals surface area contributed by atoms with Crippen LogP contribution in [0.2, 0.25) is 0 Å². The van der Waals surface area contributed by atoms with Crippen molar-refractivity contribution in [2.24, 2.45) is 0 Å². The van der Waals surface area contributed by atoms with Crippen LogP contribution in [-0.2, 0) is 5.75 Å². The van der Waals surface area contributed by atoms with E-state index in [1.807, 2.05) is 10.7 Å². The molecule has 0 bridgehead atoms. The first-order chi connectivity index (χ1) is 14.2. The van der Waals surface area contributed by atoms with E-state index in [4.69, 9.17) is 4.98 Å². The topological polar surface area (TPSA) is 56.5 Å². The molecule has 0 aliphatic carbocycles. The SMILES string of the molecule is Cc1cccc(C)c1-n1nnnc1SCc1nc2ccccc2c2ccccc12. The van der Waals surface area contributed by atoms with E-state index in [0.717, 1.165) is 33.2 Å². The zero-order chi connectivity index (χ0) is 19.8. The number of rotatable bonds is 4. The summed E-state index contributed by atoms with van der Waals surface area (Å²) in [5, 5.41) is 16.8. The number of hydrogen-bond donors (Lipinski definition) is 0. The quantitative estimate of drug-likeness (QED) is 0.305. The van der Waals surface area contributed by atoms with Gasteiger partial charge in [0.25, 0.3) is 0 Å². The van der Waals surface area contributed by atoms with Crippen molar-refractivity contribution in [3.05, 3.63) is 83.6 Å². The molecule has 0 aliphatic heterocycles. The van der Waals surface area contributed by atoms with Crippen LogP contribution in [0.4, 0.5) is 0 Å². The molecule has 29 heavy (non-hydrogen) atoms.